The first-order valence-electron chi connectivity index (χ1n) is 5.82. The summed E-state index contributed by atoms with van der Waals surface area (Å²) in [6.45, 7) is 3.80. The second kappa shape index (κ2) is 6.40. The third-order valence-electron chi connectivity index (χ3n) is 2.92. The molecule has 5 heteroatoms. The molecule has 1 aromatic carbocycles. The Balaban J connectivity index is 2.86. The molecule has 18 heavy (non-hydrogen) atoms. The van der Waals surface area contributed by atoms with Gasteiger partial charge in [-0.1, -0.05) is 44.0 Å². The van der Waals surface area contributed by atoms with Gasteiger partial charge in [-0.05, 0) is 18.1 Å². The minimum atomic E-state index is -0.682. The van der Waals surface area contributed by atoms with E-state index >= 15 is 0 Å². The van der Waals surface area contributed by atoms with Crippen molar-refractivity contribution in [3.8, 4) is 0 Å². The van der Waals surface area contributed by atoms with E-state index in [1.54, 1.807) is 24.3 Å². The van der Waals surface area contributed by atoms with Crippen LogP contribution < -0.4 is 11.1 Å². The molecule has 3 N–H and O–H groups in total. The average Bonchev–Trinajstić information content (AvgIpc) is 2.35. The van der Waals surface area contributed by atoms with Crippen LogP contribution in [0.15, 0.2) is 24.3 Å². The van der Waals surface area contributed by atoms with E-state index in [9.17, 15) is 9.59 Å². The Bertz CT molecular complexity index is 448. The van der Waals surface area contributed by atoms with Crippen LogP contribution in [-0.2, 0) is 4.79 Å². The molecule has 0 bridgehead atoms. The lowest BCUT2D eigenvalue weighted by atomic mass is 9.98. The molecule has 98 valence electrons. The molecule has 0 saturated carbocycles. The van der Waals surface area contributed by atoms with E-state index in [0.29, 0.717) is 10.6 Å². The predicted molar refractivity (Wildman–Crippen MR) is 71.4 cm³/mol. The standard InChI is InChI=1S/C13H17ClN2O2/c1-3-8(2)11(12(15)17)16-13(18)9-6-4-5-7-10(9)14/h4-8,11H,3H2,1-2H3,(H2,15,17)(H,16,18)/t8-,11-/m1/s1. The maximum Gasteiger partial charge on any atom is 0.253 e. The number of primary amides is 1. The quantitative estimate of drug-likeness (QED) is 0.857. The number of benzene rings is 1. The third-order valence-corrected chi connectivity index (χ3v) is 3.25. The van der Waals surface area contributed by atoms with Gasteiger partial charge in [-0.25, -0.2) is 0 Å². The Kier molecular flexibility index (Phi) is 5.16. The zero-order valence-electron chi connectivity index (χ0n) is 10.4. The Morgan fingerprint density at radius 2 is 2.00 bits per heavy atom. The van der Waals surface area contributed by atoms with E-state index < -0.39 is 11.9 Å². The molecular weight excluding hydrogens is 252 g/mol. The van der Waals surface area contributed by atoms with Crippen LogP contribution in [-0.4, -0.2) is 17.9 Å². The first-order chi connectivity index (χ1) is 8.47. The molecule has 0 spiro atoms. The Labute approximate surface area is 112 Å². The topological polar surface area (TPSA) is 72.2 Å². The number of halogens is 1. The third kappa shape index (κ3) is 3.47. The number of amides is 2. The van der Waals surface area contributed by atoms with Crippen molar-refractivity contribution in [3.63, 3.8) is 0 Å². The fourth-order valence-corrected chi connectivity index (χ4v) is 1.82. The molecule has 0 aliphatic rings. The summed E-state index contributed by atoms with van der Waals surface area (Å²) in [5, 5.41) is 2.98. The maximum absolute atomic E-state index is 12.0. The molecule has 2 amide bonds. The van der Waals surface area contributed by atoms with Crippen LogP contribution in [0.4, 0.5) is 0 Å². The van der Waals surface area contributed by atoms with Crippen molar-refractivity contribution < 1.29 is 9.59 Å². The average molecular weight is 269 g/mol. The summed E-state index contributed by atoms with van der Waals surface area (Å²) in [4.78, 5) is 23.3. The lowest BCUT2D eigenvalue weighted by molar-refractivity contribution is -0.120. The highest BCUT2D eigenvalue weighted by Gasteiger charge is 2.24. The highest BCUT2D eigenvalue weighted by Crippen LogP contribution is 2.16. The molecule has 0 aliphatic carbocycles. The van der Waals surface area contributed by atoms with Crippen LogP contribution in [0, 0.1) is 5.92 Å². The molecule has 1 aromatic rings. The molecule has 0 unspecified atom stereocenters. The lowest BCUT2D eigenvalue weighted by Gasteiger charge is -2.21. The lowest BCUT2D eigenvalue weighted by Crippen LogP contribution is -2.48. The van der Waals surface area contributed by atoms with Crippen molar-refractivity contribution in [1.29, 1.82) is 0 Å². The Morgan fingerprint density at radius 1 is 1.39 bits per heavy atom. The van der Waals surface area contributed by atoms with Gasteiger partial charge < -0.3 is 11.1 Å². The highest BCUT2D eigenvalue weighted by atomic mass is 35.5. The number of carbonyl (C=O) groups is 2. The molecule has 0 heterocycles. The van der Waals surface area contributed by atoms with Gasteiger partial charge in [-0.15, -0.1) is 0 Å². The number of carbonyl (C=O) groups excluding carboxylic acids is 2. The monoisotopic (exact) mass is 268 g/mol. The van der Waals surface area contributed by atoms with Crippen molar-refractivity contribution >= 4 is 23.4 Å². The van der Waals surface area contributed by atoms with Gasteiger partial charge in [0.1, 0.15) is 6.04 Å². The largest absolute Gasteiger partial charge is 0.368 e. The van der Waals surface area contributed by atoms with Crippen molar-refractivity contribution in [1.82, 2.24) is 5.32 Å². The second-order valence-corrected chi connectivity index (χ2v) is 4.63. The van der Waals surface area contributed by atoms with E-state index in [2.05, 4.69) is 5.32 Å². The minimum Gasteiger partial charge on any atom is -0.368 e. The Hall–Kier alpha value is -1.55. The first-order valence-corrected chi connectivity index (χ1v) is 6.19. The van der Waals surface area contributed by atoms with Gasteiger partial charge in [0.05, 0.1) is 10.6 Å². The fraction of sp³-hybridized carbons (Fsp3) is 0.385. The molecule has 0 aromatic heterocycles. The van der Waals surface area contributed by atoms with Gasteiger partial charge in [0.15, 0.2) is 0 Å². The molecular formula is C13H17ClN2O2. The summed E-state index contributed by atoms with van der Waals surface area (Å²) >= 11 is 5.92. The minimum absolute atomic E-state index is 0.0195. The summed E-state index contributed by atoms with van der Waals surface area (Å²) < 4.78 is 0. The zero-order chi connectivity index (χ0) is 13.7. The molecule has 0 saturated heterocycles. The van der Waals surface area contributed by atoms with E-state index in [0.717, 1.165) is 6.42 Å². The second-order valence-electron chi connectivity index (χ2n) is 4.22. The van der Waals surface area contributed by atoms with Crippen LogP contribution in [0.5, 0.6) is 0 Å². The van der Waals surface area contributed by atoms with Crippen LogP contribution in [0.1, 0.15) is 30.6 Å². The van der Waals surface area contributed by atoms with E-state index in [-0.39, 0.29) is 11.8 Å². The van der Waals surface area contributed by atoms with Crippen LogP contribution in [0.2, 0.25) is 5.02 Å². The van der Waals surface area contributed by atoms with Crippen LogP contribution in [0.25, 0.3) is 0 Å². The fourth-order valence-electron chi connectivity index (χ4n) is 1.59. The number of hydrogen-bond acceptors (Lipinski definition) is 2. The number of nitrogens with two attached hydrogens (primary N) is 1. The summed E-state index contributed by atoms with van der Waals surface area (Å²) in [5.41, 5.74) is 5.63. The van der Waals surface area contributed by atoms with E-state index in [4.69, 9.17) is 17.3 Å². The summed E-state index contributed by atoms with van der Waals surface area (Å²) in [5.74, 6) is -0.941. The van der Waals surface area contributed by atoms with E-state index in [1.807, 2.05) is 13.8 Å². The number of rotatable bonds is 5. The van der Waals surface area contributed by atoms with Crippen LogP contribution >= 0.6 is 11.6 Å². The van der Waals surface area contributed by atoms with Crippen LogP contribution in [0.3, 0.4) is 0 Å². The van der Waals surface area contributed by atoms with Crippen molar-refractivity contribution in [3.05, 3.63) is 34.9 Å². The van der Waals surface area contributed by atoms with Gasteiger partial charge in [-0.3, -0.25) is 9.59 Å². The van der Waals surface area contributed by atoms with Crippen molar-refractivity contribution in [2.45, 2.75) is 26.3 Å². The smallest absolute Gasteiger partial charge is 0.253 e. The van der Waals surface area contributed by atoms with Gasteiger partial charge >= 0.3 is 0 Å². The van der Waals surface area contributed by atoms with E-state index in [1.165, 1.54) is 0 Å². The number of hydrogen-bond donors (Lipinski definition) is 2. The van der Waals surface area contributed by atoms with Gasteiger partial charge in [0.2, 0.25) is 5.91 Å². The normalized spacial score (nSPS) is 13.7. The molecule has 0 fully saturated rings. The first kappa shape index (κ1) is 14.5. The molecule has 2 atom stereocenters. The molecule has 4 nitrogen and oxygen atoms in total. The zero-order valence-corrected chi connectivity index (χ0v) is 11.2. The summed E-state index contributed by atoms with van der Waals surface area (Å²) in [6.07, 6.45) is 0.746. The van der Waals surface area contributed by atoms with Gasteiger partial charge in [0, 0.05) is 0 Å². The van der Waals surface area contributed by atoms with Gasteiger partial charge in [-0.2, -0.15) is 0 Å². The number of nitrogens with one attached hydrogen (secondary N) is 1. The summed E-state index contributed by atoms with van der Waals surface area (Å²) in [7, 11) is 0. The van der Waals surface area contributed by atoms with Crippen molar-refractivity contribution in [2.75, 3.05) is 0 Å². The maximum atomic E-state index is 12.0. The molecule has 0 radical (unpaired) electrons. The molecule has 0 aliphatic heterocycles. The predicted octanol–water partition coefficient (Wildman–Crippen LogP) is 1.97. The summed E-state index contributed by atoms with van der Waals surface area (Å²) in [6, 6.07) is 5.99. The molecule has 1 rings (SSSR count). The SMILES string of the molecule is CC[C@@H](C)[C@@H](NC(=O)c1ccccc1Cl)C(N)=O. The Morgan fingerprint density at radius 3 is 2.50 bits per heavy atom. The highest BCUT2D eigenvalue weighted by molar-refractivity contribution is 6.33. The van der Waals surface area contributed by atoms with Crippen molar-refractivity contribution in [2.24, 2.45) is 11.7 Å². The van der Waals surface area contributed by atoms with Gasteiger partial charge in [0.25, 0.3) is 5.91 Å².